The largest absolute Gasteiger partial charge is 0.396 e. The highest BCUT2D eigenvalue weighted by Gasteiger charge is 2.26. The van der Waals surface area contributed by atoms with Gasteiger partial charge in [-0.05, 0) is 31.4 Å². The number of benzene rings is 1. The lowest BCUT2D eigenvalue weighted by atomic mass is 9.83. The first-order valence-corrected chi connectivity index (χ1v) is 6.64. The van der Waals surface area contributed by atoms with Crippen molar-refractivity contribution in [1.82, 2.24) is 5.32 Å². The topological polar surface area (TPSA) is 49.3 Å². The van der Waals surface area contributed by atoms with Gasteiger partial charge in [-0.15, -0.1) is 0 Å². The fraction of sp³-hybridized carbons (Fsp3) is 0.533. The third-order valence-electron chi connectivity index (χ3n) is 3.90. The summed E-state index contributed by atoms with van der Waals surface area (Å²) in [6, 6.07) is 4.75. The van der Waals surface area contributed by atoms with E-state index in [-0.39, 0.29) is 17.6 Å². The molecule has 1 rings (SSSR count). The van der Waals surface area contributed by atoms with Crippen LogP contribution in [0.4, 0.5) is 4.39 Å². The molecule has 0 saturated carbocycles. The highest BCUT2D eigenvalue weighted by atomic mass is 19.1. The van der Waals surface area contributed by atoms with Crippen molar-refractivity contribution in [2.24, 2.45) is 5.41 Å². The van der Waals surface area contributed by atoms with Gasteiger partial charge in [0.1, 0.15) is 5.82 Å². The SMILES string of the molecule is CCC(CC)(CO)CNC(=O)c1cccc(C)c1F. The van der Waals surface area contributed by atoms with Crippen molar-refractivity contribution in [3.05, 3.63) is 35.1 Å². The van der Waals surface area contributed by atoms with Crippen LogP contribution in [0.25, 0.3) is 0 Å². The van der Waals surface area contributed by atoms with E-state index in [0.29, 0.717) is 12.1 Å². The molecule has 0 aliphatic carbocycles. The molecule has 0 unspecified atom stereocenters. The van der Waals surface area contributed by atoms with Crippen molar-refractivity contribution in [3.63, 3.8) is 0 Å². The molecule has 0 fully saturated rings. The Morgan fingerprint density at radius 2 is 2.00 bits per heavy atom. The van der Waals surface area contributed by atoms with Crippen LogP contribution in [-0.2, 0) is 0 Å². The Kier molecular flexibility index (Phi) is 5.48. The molecular weight excluding hydrogens is 245 g/mol. The normalized spacial score (nSPS) is 11.4. The van der Waals surface area contributed by atoms with Crippen LogP contribution in [0.3, 0.4) is 0 Å². The summed E-state index contributed by atoms with van der Waals surface area (Å²) in [5.41, 5.74) is 0.182. The zero-order chi connectivity index (χ0) is 14.5. The fourth-order valence-electron chi connectivity index (χ4n) is 1.97. The number of rotatable bonds is 6. The van der Waals surface area contributed by atoms with Crippen LogP contribution in [0.2, 0.25) is 0 Å². The van der Waals surface area contributed by atoms with Crippen molar-refractivity contribution in [3.8, 4) is 0 Å². The van der Waals surface area contributed by atoms with Gasteiger partial charge >= 0.3 is 0 Å². The summed E-state index contributed by atoms with van der Waals surface area (Å²) < 4.78 is 13.8. The van der Waals surface area contributed by atoms with Crippen molar-refractivity contribution < 1.29 is 14.3 Å². The Morgan fingerprint density at radius 3 is 2.53 bits per heavy atom. The van der Waals surface area contributed by atoms with Crippen LogP contribution in [-0.4, -0.2) is 24.2 Å². The minimum Gasteiger partial charge on any atom is -0.396 e. The van der Waals surface area contributed by atoms with E-state index in [2.05, 4.69) is 5.32 Å². The van der Waals surface area contributed by atoms with Crippen LogP contribution in [0.15, 0.2) is 18.2 Å². The van der Waals surface area contributed by atoms with Gasteiger partial charge in [0.2, 0.25) is 0 Å². The molecule has 1 aromatic rings. The summed E-state index contributed by atoms with van der Waals surface area (Å²) in [4.78, 5) is 12.0. The molecule has 2 N–H and O–H groups in total. The quantitative estimate of drug-likeness (QED) is 0.832. The molecular formula is C15H22FNO2. The van der Waals surface area contributed by atoms with Crippen molar-refractivity contribution in [1.29, 1.82) is 0 Å². The fourth-order valence-corrected chi connectivity index (χ4v) is 1.97. The van der Waals surface area contributed by atoms with Crippen molar-refractivity contribution in [2.75, 3.05) is 13.2 Å². The molecule has 0 bridgehead atoms. The lowest BCUT2D eigenvalue weighted by Gasteiger charge is -2.29. The third-order valence-corrected chi connectivity index (χ3v) is 3.90. The van der Waals surface area contributed by atoms with E-state index >= 15 is 0 Å². The van der Waals surface area contributed by atoms with E-state index < -0.39 is 11.7 Å². The van der Waals surface area contributed by atoms with Gasteiger partial charge in [-0.1, -0.05) is 26.0 Å². The number of aryl methyl sites for hydroxylation is 1. The molecule has 0 atom stereocenters. The molecule has 3 nitrogen and oxygen atoms in total. The molecule has 0 aliphatic rings. The Hall–Kier alpha value is -1.42. The second kappa shape index (κ2) is 6.66. The lowest BCUT2D eigenvalue weighted by molar-refractivity contribution is 0.0847. The smallest absolute Gasteiger partial charge is 0.254 e. The number of aliphatic hydroxyl groups excluding tert-OH is 1. The molecule has 0 spiro atoms. The van der Waals surface area contributed by atoms with E-state index in [0.717, 1.165) is 12.8 Å². The zero-order valence-corrected chi connectivity index (χ0v) is 11.8. The van der Waals surface area contributed by atoms with Crippen LogP contribution in [0.5, 0.6) is 0 Å². The molecule has 4 heteroatoms. The summed E-state index contributed by atoms with van der Waals surface area (Å²) in [7, 11) is 0. The highest BCUT2D eigenvalue weighted by molar-refractivity contribution is 5.94. The predicted octanol–water partition coefficient (Wildman–Crippen LogP) is 2.66. The van der Waals surface area contributed by atoms with Gasteiger partial charge in [0.25, 0.3) is 5.91 Å². The molecule has 106 valence electrons. The maximum Gasteiger partial charge on any atom is 0.254 e. The molecule has 19 heavy (non-hydrogen) atoms. The van der Waals surface area contributed by atoms with Gasteiger partial charge < -0.3 is 10.4 Å². The zero-order valence-electron chi connectivity index (χ0n) is 11.8. The average molecular weight is 267 g/mol. The molecule has 0 saturated heterocycles. The monoisotopic (exact) mass is 267 g/mol. The van der Waals surface area contributed by atoms with Crippen LogP contribution in [0.1, 0.15) is 42.6 Å². The van der Waals surface area contributed by atoms with Crippen LogP contribution in [0, 0.1) is 18.2 Å². The molecule has 0 heterocycles. The minimum absolute atomic E-state index is 0.0105. The number of aliphatic hydroxyl groups is 1. The molecule has 0 aromatic heterocycles. The van der Waals surface area contributed by atoms with Crippen molar-refractivity contribution in [2.45, 2.75) is 33.6 Å². The van der Waals surface area contributed by atoms with E-state index in [1.165, 1.54) is 6.07 Å². The Morgan fingerprint density at radius 1 is 1.37 bits per heavy atom. The standard InChI is InChI=1S/C15H22FNO2/c1-4-15(5-2,10-18)9-17-14(19)12-8-6-7-11(3)13(12)16/h6-8,18H,4-5,9-10H2,1-3H3,(H,17,19). The summed E-state index contributed by atoms with van der Waals surface area (Å²) in [5, 5.41) is 12.2. The average Bonchev–Trinajstić information content (AvgIpc) is 2.44. The number of hydrogen-bond donors (Lipinski definition) is 2. The molecule has 1 aromatic carbocycles. The van der Waals surface area contributed by atoms with Gasteiger partial charge in [0, 0.05) is 12.0 Å². The lowest BCUT2D eigenvalue weighted by Crippen LogP contribution is -2.39. The van der Waals surface area contributed by atoms with E-state index in [4.69, 9.17) is 0 Å². The van der Waals surface area contributed by atoms with Gasteiger partial charge in [0.15, 0.2) is 0 Å². The molecule has 0 radical (unpaired) electrons. The Balaban J connectivity index is 2.78. The second-order valence-electron chi connectivity index (χ2n) is 4.98. The third kappa shape index (κ3) is 3.53. The Bertz CT molecular complexity index is 434. The Labute approximate surface area is 113 Å². The number of nitrogens with one attached hydrogen (secondary N) is 1. The van der Waals surface area contributed by atoms with Gasteiger partial charge in [0.05, 0.1) is 12.2 Å². The van der Waals surface area contributed by atoms with Gasteiger partial charge in [-0.3, -0.25) is 4.79 Å². The summed E-state index contributed by atoms with van der Waals surface area (Å²) in [6.45, 7) is 5.93. The highest BCUT2D eigenvalue weighted by Crippen LogP contribution is 2.24. The van der Waals surface area contributed by atoms with E-state index in [1.54, 1.807) is 19.1 Å². The summed E-state index contributed by atoms with van der Waals surface area (Å²) in [5.74, 6) is -0.913. The number of hydrogen-bond acceptors (Lipinski definition) is 2. The van der Waals surface area contributed by atoms with E-state index in [1.807, 2.05) is 13.8 Å². The maximum absolute atomic E-state index is 13.8. The number of halogens is 1. The first-order chi connectivity index (χ1) is 8.99. The summed E-state index contributed by atoms with van der Waals surface area (Å²) >= 11 is 0. The second-order valence-corrected chi connectivity index (χ2v) is 4.98. The van der Waals surface area contributed by atoms with E-state index in [9.17, 15) is 14.3 Å². The van der Waals surface area contributed by atoms with Crippen LogP contribution >= 0.6 is 0 Å². The first kappa shape index (κ1) is 15.6. The predicted molar refractivity (Wildman–Crippen MR) is 73.6 cm³/mol. The molecule has 1 amide bonds. The van der Waals surface area contributed by atoms with Crippen molar-refractivity contribution >= 4 is 5.91 Å². The first-order valence-electron chi connectivity index (χ1n) is 6.64. The minimum atomic E-state index is -0.484. The summed E-state index contributed by atoms with van der Waals surface area (Å²) in [6.07, 6.45) is 1.52. The maximum atomic E-state index is 13.8. The molecule has 0 aliphatic heterocycles. The van der Waals surface area contributed by atoms with Crippen LogP contribution < -0.4 is 5.32 Å². The number of carbonyl (C=O) groups is 1. The van der Waals surface area contributed by atoms with Gasteiger partial charge in [-0.25, -0.2) is 4.39 Å². The number of carbonyl (C=O) groups excluding carboxylic acids is 1. The number of amides is 1. The van der Waals surface area contributed by atoms with Gasteiger partial charge in [-0.2, -0.15) is 0 Å².